The quantitative estimate of drug-likeness (QED) is 0.763. The van der Waals surface area contributed by atoms with Crippen LogP contribution in [-0.2, 0) is 9.59 Å². The molecule has 4 nitrogen and oxygen atoms in total. The third kappa shape index (κ3) is 8.08. The number of alkyl halides is 6. The molecule has 1 rings (SSSR count). The number of nitrogens with two attached hydrogens (primary N) is 1. The minimum absolute atomic E-state index is 0.129. The maximum atomic E-state index is 11.7. The molecule has 0 bridgehead atoms. The summed E-state index contributed by atoms with van der Waals surface area (Å²) in [6.45, 7) is 0. The van der Waals surface area contributed by atoms with Crippen LogP contribution in [0.3, 0.4) is 0 Å². The number of nitrogens with one attached hydrogen (secondary N) is 1. The summed E-state index contributed by atoms with van der Waals surface area (Å²) in [7, 11) is 0. The van der Waals surface area contributed by atoms with Gasteiger partial charge in [-0.2, -0.15) is 13.2 Å². The fourth-order valence-electron chi connectivity index (χ4n) is 0.723. The van der Waals surface area contributed by atoms with Crippen molar-refractivity contribution < 1.29 is 22.8 Å². The van der Waals surface area contributed by atoms with E-state index in [2.05, 4.69) is 5.73 Å². The van der Waals surface area contributed by atoms with Gasteiger partial charge in [-0.3, -0.25) is 9.59 Å². The first kappa shape index (κ1) is 18.8. The molecule has 20 heavy (non-hydrogen) atoms. The third-order valence-corrected chi connectivity index (χ3v) is 2.13. The topological polar surface area (TPSA) is 72.2 Å². The SMILES string of the molecule is NC(=O)C(Cl)(Cl)Cl.O=C(Nc1ccccc1)C(F)(F)F. The molecular formula is C10H8Cl3F3N2O2. The van der Waals surface area contributed by atoms with Gasteiger partial charge in [0.05, 0.1) is 0 Å². The van der Waals surface area contributed by atoms with Crippen LogP contribution < -0.4 is 11.1 Å². The summed E-state index contributed by atoms with van der Waals surface area (Å²) in [5.41, 5.74) is 4.66. The fraction of sp³-hybridized carbons (Fsp3) is 0.200. The van der Waals surface area contributed by atoms with Gasteiger partial charge in [-0.05, 0) is 12.1 Å². The summed E-state index contributed by atoms with van der Waals surface area (Å²) in [6.07, 6.45) is -4.84. The standard InChI is InChI=1S/C8H6F3NO.C2H2Cl3NO/c9-8(10,11)7(13)12-6-4-2-1-3-5-6;3-2(4,5)1(6)7/h1-5H,(H,12,13);(H2,6,7). The predicted octanol–water partition coefficient (Wildman–Crippen LogP) is 3.03. The maximum Gasteiger partial charge on any atom is 0.471 e. The predicted molar refractivity (Wildman–Crippen MR) is 70.6 cm³/mol. The third-order valence-electron chi connectivity index (χ3n) is 1.57. The average Bonchev–Trinajstić information content (AvgIpc) is 2.28. The second kappa shape index (κ2) is 7.56. The summed E-state index contributed by atoms with van der Waals surface area (Å²) >= 11 is 14.8. The van der Waals surface area contributed by atoms with Gasteiger partial charge >= 0.3 is 12.1 Å². The fourth-order valence-corrected chi connectivity index (χ4v) is 0.723. The van der Waals surface area contributed by atoms with E-state index < -0.39 is 21.8 Å². The number of carbonyl (C=O) groups is 2. The molecule has 0 saturated carbocycles. The van der Waals surface area contributed by atoms with Crippen molar-refractivity contribution >= 4 is 52.3 Å². The van der Waals surface area contributed by atoms with Gasteiger partial charge in [-0.1, -0.05) is 53.0 Å². The van der Waals surface area contributed by atoms with E-state index in [0.717, 1.165) is 0 Å². The lowest BCUT2D eigenvalue weighted by Gasteiger charge is -2.06. The molecule has 0 spiro atoms. The van der Waals surface area contributed by atoms with Gasteiger partial charge in [0.2, 0.25) is 0 Å². The lowest BCUT2D eigenvalue weighted by Crippen LogP contribution is -2.29. The molecule has 10 heteroatoms. The number of hydrogen-bond donors (Lipinski definition) is 2. The molecular weight excluding hydrogens is 343 g/mol. The Kier molecular flexibility index (Phi) is 7.12. The van der Waals surface area contributed by atoms with Crippen LogP contribution in [0.15, 0.2) is 30.3 Å². The molecule has 0 saturated heterocycles. The highest BCUT2D eigenvalue weighted by molar-refractivity contribution is 6.76. The minimum Gasteiger partial charge on any atom is -0.366 e. The highest BCUT2D eigenvalue weighted by Gasteiger charge is 2.38. The highest BCUT2D eigenvalue weighted by Crippen LogP contribution is 2.24. The summed E-state index contributed by atoms with van der Waals surface area (Å²) in [5.74, 6) is -2.92. The second-order valence-electron chi connectivity index (χ2n) is 3.18. The molecule has 0 aliphatic carbocycles. The first-order valence-electron chi connectivity index (χ1n) is 4.74. The van der Waals surface area contributed by atoms with Crippen LogP contribution in [0.2, 0.25) is 0 Å². The number of primary amides is 1. The van der Waals surface area contributed by atoms with Crippen molar-refractivity contribution in [3.63, 3.8) is 0 Å². The van der Waals surface area contributed by atoms with Crippen molar-refractivity contribution in [2.75, 3.05) is 5.32 Å². The van der Waals surface area contributed by atoms with Crippen molar-refractivity contribution in [3.05, 3.63) is 30.3 Å². The van der Waals surface area contributed by atoms with Gasteiger partial charge in [0.15, 0.2) is 0 Å². The van der Waals surface area contributed by atoms with Crippen molar-refractivity contribution in [3.8, 4) is 0 Å². The Balaban J connectivity index is 0.000000441. The molecule has 0 atom stereocenters. The molecule has 0 fully saturated rings. The van der Waals surface area contributed by atoms with Gasteiger partial charge < -0.3 is 11.1 Å². The maximum absolute atomic E-state index is 11.7. The molecule has 0 aliphatic heterocycles. The largest absolute Gasteiger partial charge is 0.471 e. The zero-order chi connectivity index (χ0) is 16.0. The van der Waals surface area contributed by atoms with E-state index in [0.29, 0.717) is 0 Å². The van der Waals surface area contributed by atoms with Crippen LogP contribution in [0, 0.1) is 0 Å². The summed E-state index contributed by atoms with van der Waals surface area (Å²) in [4.78, 5) is 20.2. The summed E-state index contributed by atoms with van der Waals surface area (Å²) < 4.78 is 33.2. The van der Waals surface area contributed by atoms with Crippen molar-refractivity contribution in [2.45, 2.75) is 9.97 Å². The molecule has 2 amide bonds. The van der Waals surface area contributed by atoms with E-state index in [1.807, 2.05) is 0 Å². The number of halogens is 6. The van der Waals surface area contributed by atoms with E-state index in [9.17, 15) is 22.8 Å². The van der Waals surface area contributed by atoms with E-state index in [1.165, 1.54) is 24.3 Å². The van der Waals surface area contributed by atoms with Crippen molar-refractivity contribution in [1.82, 2.24) is 0 Å². The van der Waals surface area contributed by atoms with Gasteiger partial charge in [0.1, 0.15) is 0 Å². The zero-order valence-corrected chi connectivity index (χ0v) is 11.8. The molecule has 0 radical (unpaired) electrons. The monoisotopic (exact) mass is 350 g/mol. The van der Waals surface area contributed by atoms with Crippen LogP contribution in [-0.4, -0.2) is 21.8 Å². The summed E-state index contributed by atoms with van der Waals surface area (Å²) in [5, 5.41) is 1.72. The molecule has 3 N–H and O–H groups in total. The Hall–Kier alpha value is -1.18. The second-order valence-corrected chi connectivity index (χ2v) is 5.46. The Labute approximate surface area is 127 Å². The smallest absolute Gasteiger partial charge is 0.366 e. The van der Waals surface area contributed by atoms with E-state index in [4.69, 9.17) is 34.8 Å². The molecule has 0 aromatic heterocycles. The van der Waals surface area contributed by atoms with Crippen molar-refractivity contribution in [2.24, 2.45) is 5.73 Å². The van der Waals surface area contributed by atoms with Crippen LogP contribution >= 0.6 is 34.8 Å². The number of para-hydroxylation sites is 1. The van der Waals surface area contributed by atoms with Gasteiger partial charge in [0.25, 0.3) is 9.70 Å². The number of rotatable bonds is 1. The lowest BCUT2D eigenvalue weighted by molar-refractivity contribution is -0.167. The summed E-state index contributed by atoms with van der Waals surface area (Å²) in [6, 6.07) is 7.47. The Morgan fingerprint density at radius 1 is 1.05 bits per heavy atom. The minimum atomic E-state index is -4.84. The number of carbonyl (C=O) groups excluding carboxylic acids is 2. The zero-order valence-electron chi connectivity index (χ0n) is 9.55. The number of anilines is 1. The number of benzene rings is 1. The van der Waals surface area contributed by atoms with Gasteiger partial charge in [-0.15, -0.1) is 0 Å². The highest BCUT2D eigenvalue weighted by atomic mass is 35.6. The Morgan fingerprint density at radius 3 is 1.75 bits per heavy atom. The molecule has 0 unspecified atom stereocenters. The molecule has 1 aromatic rings. The first-order chi connectivity index (χ1) is 8.94. The molecule has 112 valence electrons. The molecule has 0 aliphatic rings. The average molecular weight is 352 g/mol. The van der Waals surface area contributed by atoms with Crippen LogP contribution in [0.1, 0.15) is 0 Å². The number of hydrogen-bond acceptors (Lipinski definition) is 2. The van der Waals surface area contributed by atoms with Crippen LogP contribution in [0.4, 0.5) is 18.9 Å². The first-order valence-corrected chi connectivity index (χ1v) is 5.88. The molecule has 0 heterocycles. The van der Waals surface area contributed by atoms with Gasteiger partial charge in [0, 0.05) is 5.69 Å². The Bertz CT molecular complexity index is 461. The molecule has 1 aromatic carbocycles. The normalized spacial score (nSPS) is 11.1. The number of amides is 2. The van der Waals surface area contributed by atoms with E-state index in [-0.39, 0.29) is 5.69 Å². The van der Waals surface area contributed by atoms with Crippen molar-refractivity contribution in [1.29, 1.82) is 0 Å². The van der Waals surface area contributed by atoms with Gasteiger partial charge in [-0.25, -0.2) is 0 Å². The Morgan fingerprint density at radius 2 is 1.45 bits per heavy atom. The van der Waals surface area contributed by atoms with E-state index in [1.54, 1.807) is 11.4 Å². The van der Waals surface area contributed by atoms with Crippen LogP contribution in [0.25, 0.3) is 0 Å². The van der Waals surface area contributed by atoms with Crippen LogP contribution in [0.5, 0.6) is 0 Å². The lowest BCUT2D eigenvalue weighted by atomic mass is 10.3. The van der Waals surface area contributed by atoms with E-state index >= 15 is 0 Å².